The quantitative estimate of drug-likeness (QED) is 0.702. The standard InChI is InChI=1S/C12H22N4O2/c1-10(11(17)15-6-2-3-7-15)13-4-8-16-9-5-14-12(16)18/h10,13H,2-9H2,1H3,(H,14,18). The number of nitrogens with one attached hydrogen (secondary N) is 2. The van der Waals surface area contributed by atoms with E-state index in [2.05, 4.69) is 10.6 Å². The first-order chi connectivity index (χ1) is 8.68. The summed E-state index contributed by atoms with van der Waals surface area (Å²) in [6.07, 6.45) is 2.23. The molecule has 2 N–H and O–H groups in total. The maximum Gasteiger partial charge on any atom is 0.317 e. The second-order valence-corrected chi connectivity index (χ2v) is 4.93. The van der Waals surface area contributed by atoms with Crippen LogP contribution >= 0.6 is 0 Å². The van der Waals surface area contributed by atoms with Gasteiger partial charge in [-0.05, 0) is 19.8 Å². The third-order valence-corrected chi connectivity index (χ3v) is 3.57. The zero-order valence-electron chi connectivity index (χ0n) is 10.9. The van der Waals surface area contributed by atoms with Crippen LogP contribution in [0.15, 0.2) is 0 Å². The number of hydrogen-bond donors (Lipinski definition) is 2. The molecular formula is C12H22N4O2. The van der Waals surface area contributed by atoms with Gasteiger partial charge in [0.15, 0.2) is 0 Å². The van der Waals surface area contributed by atoms with Crippen molar-refractivity contribution in [1.82, 2.24) is 20.4 Å². The highest BCUT2D eigenvalue weighted by atomic mass is 16.2. The van der Waals surface area contributed by atoms with Crippen LogP contribution in [-0.2, 0) is 4.79 Å². The van der Waals surface area contributed by atoms with Crippen LogP contribution in [-0.4, -0.2) is 67.0 Å². The number of hydrogen-bond acceptors (Lipinski definition) is 3. The fourth-order valence-electron chi connectivity index (χ4n) is 2.44. The molecule has 0 aliphatic carbocycles. The number of likely N-dealkylation sites (tertiary alicyclic amines) is 1. The van der Waals surface area contributed by atoms with Gasteiger partial charge in [-0.3, -0.25) is 4.79 Å². The Bertz CT molecular complexity index is 315. The average molecular weight is 254 g/mol. The van der Waals surface area contributed by atoms with E-state index < -0.39 is 0 Å². The zero-order valence-corrected chi connectivity index (χ0v) is 10.9. The molecule has 2 fully saturated rings. The molecule has 2 aliphatic rings. The molecule has 0 saturated carbocycles. The second kappa shape index (κ2) is 6.04. The SMILES string of the molecule is CC(NCCN1CCNC1=O)C(=O)N1CCCC1. The molecule has 2 saturated heterocycles. The molecule has 0 spiro atoms. The molecule has 0 bridgehead atoms. The molecule has 18 heavy (non-hydrogen) atoms. The highest BCUT2D eigenvalue weighted by Crippen LogP contribution is 2.08. The van der Waals surface area contributed by atoms with Crippen molar-refractivity contribution in [3.8, 4) is 0 Å². The van der Waals surface area contributed by atoms with Gasteiger partial charge in [0.2, 0.25) is 5.91 Å². The molecule has 0 radical (unpaired) electrons. The Hall–Kier alpha value is -1.30. The van der Waals surface area contributed by atoms with Gasteiger partial charge in [-0.2, -0.15) is 0 Å². The highest BCUT2D eigenvalue weighted by Gasteiger charge is 2.23. The second-order valence-electron chi connectivity index (χ2n) is 4.93. The van der Waals surface area contributed by atoms with E-state index >= 15 is 0 Å². The van der Waals surface area contributed by atoms with Crippen molar-refractivity contribution in [3.63, 3.8) is 0 Å². The van der Waals surface area contributed by atoms with Gasteiger partial charge in [-0.1, -0.05) is 0 Å². The molecule has 6 heteroatoms. The lowest BCUT2D eigenvalue weighted by Gasteiger charge is -2.22. The molecule has 0 aromatic rings. The number of carbonyl (C=O) groups excluding carboxylic acids is 2. The molecule has 1 atom stereocenters. The van der Waals surface area contributed by atoms with Crippen molar-refractivity contribution in [2.75, 3.05) is 39.3 Å². The summed E-state index contributed by atoms with van der Waals surface area (Å²) >= 11 is 0. The minimum Gasteiger partial charge on any atom is -0.341 e. The molecule has 0 aromatic carbocycles. The van der Waals surface area contributed by atoms with Crippen LogP contribution in [0, 0.1) is 0 Å². The summed E-state index contributed by atoms with van der Waals surface area (Å²) in [5.41, 5.74) is 0. The van der Waals surface area contributed by atoms with Crippen LogP contribution < -0.4 is 10.6 Å². The summed E-state index contributed by atoms with van der Waals surface area (Å²) in [5.74, 6) is 0.179. The van der Waals surface area contributed by atoms with Crippen molar-refractivity contribution in [2.24, 2.45) is 0 Å². The molecule has 2 rings (SSSR count). The molecule has 3 amide bonds. The fraction of sp³-hybridized carbons (Fsp3) is 0.833. The summed E-state index contributed by atoms with van der Waals surface area (Å²) in [6.45, 7) is 6.47. The van der Waals surface area contributed by atoms with Crippen molar-refractivity contribution in [3.05, 3.63) is 0 Å². The van der Waals surface area contributed by atoms with Gasteiger partial charge < -0.3 is 20.4 Å². The monoisotopic (exact) mass is 254 g/mol. The van der Waals surface area contributed by atoms with Gasteiger partial charge in [-0.25, -0.2) is 4.79 Å². The van der Waals surface area contributed by atoms with Crippen LogP contribution in [0.4, 0.5) is 4.79 Å². The van der Waals surface area contributed by atoms with E-state index in [0.29, 0.717) is 13.1 Å². The van der Waals surface area contributed by atoms with E-state index in [9.17, 15) is 9.59 Å². The Morgan fingerprint density at radius 3 is 2.72 bits per heavy atom. The largest absolute Gasteiger partial charge is 0.341 e. The Morgan fingerprint density at radius 1 is 1.39 bits per heavy atom. The van der Waals surface area contributed by atoms with Crippen LogP contribution in [0.25, 0.3) is 0 Å². The highest BCUT2D eigenvalue weighted by molar-refractivity contribution is 5.81. The number of carbonyl (C=O) groups is 2. The van der Waals surface area contributed by atoms with Gasteiger partial charge in [0.1, 0.15) is 0 Å². The molecule has 0 aromatic heterocycles. The predicted molar refractivity (Wildman–Crippen MR) is 68.3 cm³/mol. The Labute approximate surface area is 108 Å². The Balaban J connectivity index is 1.66. The summed E-state index contributed by atoms with van der Waals surface area (Å²) in [7, 11) is 0. The summed E-state index contributed by atoms with van der Waals surface area (Å²) < 4.78 is 0. The first kappa shape index (κ1) is 13.1. The van der Waals surface area contributed by atoms with Gasteiger partial charge in [0.05, 0.1) is 6.04 Å². The maximum absolute atomic E-state index is 12.0. The first-order valence-corrected chi connectivity index (χ1v) is 6.73. The minimum atomic E-state index is -0.159. The Kier molecular flexibility index (Phi) is 4.41. The summed E-state index contributed by atoms with van der Waals surface area (Å²) in [4.78, 5) is 27.0. The topological polar surface area (TPSA) is 64.7 Å². The average Bonchev–Trinajstić information content (AvgIpc) is 3.00. The number of nitrogens with zero attached hydrogens (tertiary/aromatic N) is 2. The molecular weight excluding hydrogens is 232 g/mol. The third kappa shape index (κ3) is 3.13. The minimum absolute atomic E-state index is 0.00433. The lowest BCUT2D eigenvalue weighted by Crippen LogP contribution is -2.46. The normalized spacial score (nSPS) is 21.3. The van der Waals surface area contributed by atoms with Crippen LogP contribution in [0.5, 0.6) is 0 Å². The van der Waals surface area contributed by atoms with Crippen LogP contribution in [0.1, 0.15) is 19.8 Å². The molecule has 2 aliphatic heterocycles. The van der Waals surface area contributed by atoms with Crippen molar-refractivity contribution >= 4 is 11.9 Å². The molecule has 102 valence electrons. The van der Waals surface area contributed by atoms with Crippen LogP contribution in [0.2, 0.25) is 0 Å². The summed E-state index contributed by atoms with van der Waals surface area (Å²) in [6, 6.07) is -0.163. The van der Waals surface area contributed by atoms with E-state index in [1.54, 1.807) is 4.90 Å². The smallest absolute Gasteiger partial charge is 0.317 e. The predicted octanol–water partition coefficient (Wildman–Crippen LogP) is -0.388. The zero-order chi connectivity index (χ0) is 13.0. The van der Waals surface area contributed by atoms with E-state index in [0.717, 1.165) is 39.0 Å². The number of amides is 3. The third-order valence-electron chi connectivity index (χ3n) is 3.57. The fourth-order valence-corrected chi connectivity index (χ4v) is 2.44. The molecule has 2 heterocycles. The van der Waals surface area contributed by atoms with Crippen molar-refractivity contribution in [2.45, 2.75) is 25.8 Å². The molecule has 6 nitrogen and oxygen atoms in total. The van der Waals surface area contributed by atoms with Gasteiger partial charge >= 0.3 is 6.03 Å². The van der Waals surface area contributed by atoms with Crippen LogP contribution in [0.3, 0.4) is 0 Å². The van der Waals surface area contributed by atoms with Gasteiger partial charge in [0.25, 0.3) is 0 Å². The Morgan fingerprint density at radius 2 is 2.11 bits per heavy atom. The number of urea groups is 1. The molecule has 1 unspecified atom stereocenters. The van der Waals surface area contributed by atoms with Gasteiger partial charge in [0, 0.05) is 39.3 Å². The first-order valence-electron chi connectivity index (χ1n) is 6.73. The van der Waals surface area contributed by atoms with E-state index in [1.807, 2.05) is 11.8 Å². The maximum atomic E-state index is 12.0. The van der Waals surface area contributed by atoms with Crippen molar-refractivity contribution in [1.29, 1.82) is 0 Å². The summed E-state index contributed by atoms with van der Waals surface area (Å²) in [5, 5.41) is 5.95. The van der Waals surface area contributed by atoms with Gasteiger partial charge in [-0.15, -0.1) is 0 Å². The van der Waals surface area contributed by atoms with E-state index in [-0.39, 0.29) is 18.0 Å². The van der Waals surface area contributed by atoms with E-state index in [4.69, 9.17) is 0 Å². The van der Waals surface area contributed by atoms with E-state index in [1.165, 1.54) is 0 Å². The lowest BCUT2D eigenvalue weighted by molar-refractivity contribution is -0.131. The number of rotatable bonds is 5. The lowest BCUT2D eigenvalue weighted by atomic mass is 10.3. The van der Waals surface area contributed by atoms with Crippen molar-refractivity contribution < 1.29 is 9.59 Å².